The molecule has 0 unspecified atom stereocenters. The van der Waals surface area contributed by atoms with Crippen molar-refractivity contribution >= 4 is 38.5 Å². The third-order valence-electron chi connectivity index (χ3n) is 3.68. The van der Waals surface area contributed by atoms with Crippen LogP contribution in [0.15, 0.2) is 42.5 Å². The number of anilines is 1. The summed E-state index contributed by atoms with van der Waals surface area (Å²) < 4.78 is 46.5. The van der Waals surface area contributed by atoms with Crippen molar-refractivity contribution in [3.8, 4) is 11.5 Å². The van der Waals surface area contributed by atoms with Gasteiger partial charge in [0.05, 0.1) is 23.4 Å². The van der Waals surface area contributed by atoms with Crippen LogP contribution in [0, 0.1) is 0 Å². The molecular formula is C19H16F3N3O4S. The third kappa shape index (κ3) is 5.83. The van der Waals surface area contributed by atoms with Gasteiger partial charge < -0.3 is 20.1 Å². The van der Waals surface area contributed by atoms with Crippen molar-refractivity contribution in [2.45, 2.75) is 13.3 Å². The molecule has 0 aliphatic carbocycles. The van der Waals surface area contributed by atoms with Crippen molar-refractivity contribution in [1.82, 2.24) is 10.3 Å². The Bertz CT molecular complexity index is 1050. The van der Waals surface area contributed by atoms with Gasteiger partial charge in [0.1, 0.15) is 11.5 Å². The monoisotopic (exact) mass is 439 g/mol. The van der Waals surface area contributed by atoms with Crippen molar-refractivity contribution in [1.29, 1.82) is 0 Å². The van der Waals surface area contributed by atoms with Crippen LogP contribution in [0.3, 0.4) is 0 Å². The number of benzene rings is 2. The first-order chi connectivity index (χ1) is 14.2. The quantitative estimate of drug-likeness (QED) is 0.582. The first-order valence-corrected chi connectivity index (χ1v) is 9.52. The van der Waals surface area contributed by atoms with Crippen LogP contribution in [0.1, 0.15) is 17.3 Å². The first kappa shape index (κ1) is 21.4. The largest absolute Gasteiger partial charge is 0.573 e. The summed E-state index contributed by atoms with van der Waals surface area (Å²) in [4.78, 5) is 28.3. The molecular weight excluding hydrogens is 423 g/mol. The molecule has 1 aromatic heterocycles. The molecule has 11 heteroatoms. The van der Waals surface area contributed by atoms with Gasteiger partial charge in [0, 0.05) is 11.6 Å². The summed E-state index contributed by atoms with van der Waals surface area (Å²) in [6, 6.07) is 10.1. The molecule has 0 radical (unpaired) electrons. The first-order valence-electron chi connectivity index (χ1n) is 8.71. The van der Waals surface area contributed by atoms with E-state index in [0.29, 0.717) is 28.1 Å². The average molecular weight is 439 g/mol. The Labute approximate surface area is 172 Å². The Morgan fingerprint density at radius 2 is 1.80 bits per heavy atom. The van der Waals surface area contributed by atoms with Gasteiger partial charge in [0.2, 0.25) is 5.91 Å². The van der Waals surface area contributed by atoms with Gasteiger partial charge in [0.25, 0.3) is 5.91 Å². The van der Waals surface area contributed by atoms with Crippen molar-refractivity contribution in [2.24, 2.45) is 0 Å². The summed E-state index contributed by atoms with van der Waals surface area (Å²) in [6.07, 6.45) is -4.79. The molecule has 0 bridgehead atoms. The summed E-state index contributed by atoms with van der Waals surface area (Å²) in [5.41, 5.74) is 0.770. The fraction of sp³-hybridized carbons (Fsp3) is 0.211. The van der Waals surface area contributed by atoms with Crippen LogP contribution in [-0.4, -0.2) is 36.3 Å². The zero-order valence-electron chi connectivity index (χ0n) is 15.6. The number of halogens is 3. The number of rotatable bonds is 7. The minimum atomic E-state index is -4.79. The van der Waals surface area contributed by atoms with Crippen LogP contribution in [0.4, 0.5) is 18.3 Å². The highest BCUT2D eigenvalue weighted by molar-refractivity contribution is 7.22. The smallest absolute Gasteiger partial charge is 0.494 e. The Balaban J connectivity index is 1.56. The molecule has 3 aromatic rings. The van der Waals surface area contributed by atoms with Crippen LogP contribution in [0.2, 0.25) is 0 Å². The number of alkyl halides is 3. The molecule has 0 fully saturated rings. The number of nitrogens with one attached hydrogen (secondary N) is 2. The lowest BCUT2D eigenvalue weighted by Crippen LogP contribution is -2.32. The predicted molar refractivity (Wildman–Crippen MR) is 105 cm³/mol. The molecule has 1 heterocycles. The van der Waals surface area contributed by atoms with Gasteiger partial charge in [-0.3, -0.25) is 9.59 Å². The van der Waals surface area contributed by atoms with E-state index in [1.807, 2.05) is 6.92 Å². The standard InChI is InChI=1S/C19H16F3N3O4S/c1-2-28-12-5-3-11(4-6-12)17(27)23-10-16(26)25-18-24-14-8-7-13(9-15(14)30-18)29-19(20,21)22/h3-9H,2,10H2,1H3,(H,23,27)(H,24,25,26). The fourth-order valence-electron chi connectivity index (χ4n) is 2.45. The number of carbonyl (C=O) groups is 2. The van der Waals surface area contributed by atoms with E-state index in [2.05, 4.69) is 20.4 Å². The number of thiazole rings is 1. The molecule has 158 valence electrons. The molecule has 0 saturated carbocycles. The maximum absolute atomic E-state index is 12.3. The summed E-state index contributed by atoms with van der Waals surface area (Å²) in [5, 5.41) is 5.17. The van der Waals surface area contributed by atoms with E-state index < -0.39 is 18.2 Å². The normalized spacial score (nSPS) is 11.2. The minimum Gasteiger partial charge on any atom is -0.494 e. The van der Waals surface area contributed by atoms with Gasteiger partial charge in [0.15, 0.2) is 5.13 Å². The molecule has 2 N–H and O–H groups in total. The molecule has 0 atom stereocenters. The fourth-order valence-corrected chi connectivity index (χ4v) is 3.36. The topological polar surface area (TPSA) is 89.5 Å². The van der Waals surface area contributed by atoms with Crippen LogP contribution in [-0.2, 0) is 4.79 Å². The summed E-state index contributed by atoms with van der Waals surface area (Å²) in [7, 11) is 0. The lowest BCUT2D eigenvalue weighted by Gasteiger charge is -2.07. The number of aromatic nitrogens is 1. The average Bonchev–Trinajstić information content (AvgIpc) is 3.07. The summed E-state index contributed by atoms with van der Waals surface area (Å²) >= 11 is 0.986. The van der Waals surface area contributed by atoms with Crippen LogP contribution in [0.25, 0.3) is 10.2 Å². The van der Waals surface area contributed by atoms with Crippen molar-refractivity contribution in [3.05, 3.63) is 48.0 Å². The molecule has 0 spiro atoms. The number of carbonyl (C=O) groups excluding carboxylic acids is 2. The second-order valence-electron chi connectivity index (χ2n) is 5.88. The van der Waals surface area contributed by atoms with E-state index in [4.69, 9.17) is 4.74 Å². The van der Waals surface area contributed by atoms with Gasteiger partial charge in [-0.2, -0.15) is 0 Å². The van der Waals surface area contributed by atoms with Crippen LogP contribution in [0.5, 0.6) is 11.5 Å². The van der Waals surface area contributed by atoms with E-state index >= 15 is 0 Å². The Morgan fingerprint density at radius 3 is 2.47 bits per heavy atom. The SMILES string of the molecule is CCOc1ccc(C(=O)NCC(=O)Nc2nc3ccc(OC(F)(F)F)cc3s2)cc1. The predicted octanol–water partition coefficient (Wildman–Crippen LogP) is 3.96. The zero-order valence-corrected chi connectivity index (χ0v) is 16.4. The minimum absolute atomic E-state index is 0.189. The number of amides is 2. The van der Waals surface area contributed by atoms with Gasteiger partial charge in [-0.1, -0.05) is 11.3 Å². The lowest BCUT2D eigenvalue weighted by atomic mass is 10.2. The Hall–Kier alpha value is -3.34. The molecule has 0 aliphatic heterocycles. The van der Waals surface area contributed by atoms with E-state index in [1.54, 1.807) is 24.3 Å². The molecule has 3 rings (SSSR count). The van der Waals surface area contributed by atoms with Crippen LogP contribution < -0.4 is 20.1 Å². The van der Waals surface area contributed by atoms with E-state index in [1.165, 1.54) is 12.1 Å². The van der Waals surface area contributed by atoms with Gasteiger partial charge in [-0.25, -0.2) is 4.98 Å². The highest BCUT2D eigenvalue weighted by atomic mass is 32.1. The molecule has 0 aliphatic rings. The Kier molecular flexibility index (Phi) is 6.40. The summed E-state index contributed by atoms with van der Waals surface area (Å²) in [6.45, 7) is 2.05. The maximum atomic E-state index is 12.3. The van der Waals surface area contributed by atoms with Gasteiger partial charge >= 0.3 is 6.36 Å². The molecule has 2 amide bonds. The second kappa shape index (κ2) is 8.99. The number of ether oxygens (including phenoxy) is 2. The van der Waals surface area contributed by atoms with Crippen LogP contribution >= 0.6 is 11.3 Å². The highest BCUT2D eigenvalue weighted by Crippen LogP contribution is 2.31. The number of hydrogen-bond acceptors (Lipinski definition) is 6. The van der Waals surface area contributed by atoms with E-state index in [0.717, 1.165) is 17.4 Å². The zero-order chi connectivity index (χ0) is 21.7. The number of hydrogen-bond donors (Lipinski definition) is 2. The number of nitrogens with zero attached hydrogens (tertiary/aromatic N) is 1. The van der Waals surface area contributed by atoms with Crippen molar-refractivity contribution in [2.75, 3.05) is 18.5 Å². The lowest BCUT2D eigenvalue weighted by molar-refractivity contribution is -0.274. The van der Waals surface area contributed by atoms with Crippen molar-refractivity contribution < 1.29 is 32.2 Å². The molecule has 30 heavy (non-hydrogen) atoms. The molecule has 0 saturated heterocycles. The van der Waals surface area contributed by atoms with E-state index in [-0.39, 0.29) is 17.4 Å². The highest BCUT2D eigenvalue weighted by Gasteiger charge is 2.31. The molecule has 7 nitrogen and oxygen atoms in total. The number of fused-ring (bicyclic) bond motifs is 1. The maximum Gasteiger partial charge on any atom is 0.573 e. The van der Waals surface area contributed by atoms with E-state index in [9.17, 15) is 22.8 Å². The third-order valence-corrected chi connectivity index (χ3v) is 4.61. The molecule has 2 aromatic carbocycles. The second-order valence-corrected chi connectivity index (χ2v) is 6.92. The summed E-state index contributed by atoms with van der Waals surface area (Å²) in [5.74, 6) is -0.711. The van der Waals surface area contributed by atoms with Gasteiger partial charge in [-0.15, -0.1) is 13.2 Å². The Morgan fingerprint density at radius 1 is 1.10 bits per heavy atom. The van der Waals surface area contributed by atoms with Gasteiger partial charge in [-0.05, 0) is 43.3 Å². The van der Waals surface area contributed by atoms with Crippen molar-refractivity contribution in [3.63, 3.8) is 0 Å².